The molecule has 0 bridgehead atoms. The van der Waals surface area contributed by atoms with Gasteiger partial charge in [0, 0.05) is 16.7 Å². The number of quaternary nitrogens is 1. The summed E-state index contributed by atoms with van der Waals surface area (Å²) < 4.78 is 0. The highest BCUT2D eigenvalue weighted by Gasteiger charge is 2.29. The zero-order valence-corrected chi connectivity index (χ0v) is 16.1. The molecule has 5 nitrogen and oxygen atoms in total. The van der Waals surface area contributed by atoms with Gasteiger partial charge in [-0.25, -0.2) is 0 Å². The summed E-state index contributed by atoms with van der Waals surface area (Å²) in [5.41, 5.74) is 4.08. The first-order valence-electron chi connectivity index (χ1n) is 9.40. The number of benzene rings is 2. The summed E-state index contributed by atoms with van der Waals surface area (Å²) in [7, 11) is 0. The first-order chi connectivity index (χ1) is 12.9. The lowest BCUT2D eigenvalue weighted by Crippen LogP contribution is -3.14. The Morgan fingerprint density at radius 3 is 2.22 bits per heavy atom. The fourth-order valence-corrected chi connectivity index (χ4v) is 3.72. The lowest BCUT2D eigenvalue weighted by Gasteiger charge is -2.36. The number of piperazine rings is 1. The maximum absolute atomic E-state index is 12.8. The van der Waals surface area contributed by atoms with Crippen LogP contribution in [-0.4, -0.2) is 43.0 Å². The van der Waals surface area contributed by atoms with Crippen LogP contribution in [0.25, 0.3) is 0 Å². The number of hydrogen-bond acceptors (Lipinski definition) is 3. The van der Waals surface area contributed by atoms with E-state index in [2.05, 4.69) is 39.0 Å². The topological polar surface area (TPSA) is 64.9 Å². The van der Waals surface area contributed by atoms with Crippen LogP contribution in [0.4, 0.5) is 0 Å². The number of carbonyl (C=O) groups is 2. The van der Waals surface area contributed by atoms with Crippen LogP contribution in [0.2, 0.25) is 0 Å². The van der Waals surface area contributed by atoms with Crippen molar-refractivity contribution in [3.63, 3.8) is 0 Å². The van der Waals surface area contributed by atoms with Crippen LogP contribution in [0.15, 0.2) is 42.5 Å². The first kappa shape index (κ1) is 19.1. The van der Waals surface area contributed by atoms with Crippen molar-refractivity contribution in [1.29, 1.82) is 0 Å². The SMILES string of the molecule is Cc1ccc([C@H](C)[NH+]2CCN(C(=O)c3ccccc3C(=O)[O-])CC2)cc1C. The molecule has 0 saturated carbocycles. The standard InChI is InChI=1S/C22H26N2O3/c1-15-8-9-18(14-16(15)2)17(3)23-10-12-24(13-11-23)21(25)19-6-4-5-7-20(19)22(26)27/h4-9,14,17H,10-13H2,1-3H3,(H,26,27)/t17-/m0/s1. The molecule has 0 spiro atoms. The average molecular weight is 366 g/mol. The van der Waals surface area contributed by atoms with Gasteiger partial charge >= 0.3 is 0 Å². The molecule has 3 rings (SSSR count). The van der Waals surface area contributed by atoms with Gasteiger partial charge in [0.2, 0.25) is 0 Å². The van der Waals surface area contributed by atoms with E-state index in [1.165, 1.54) is 27.7 Å². The number of aryl methyl sites for hydroxylation is 2. The van der Waals surface area contributed by atoms with Gasteiger partial charge in [-0.3, -0.25) is 4.79 Å². The summed E-state index contributed by atoms with van der Waals surface area (Å²) in [5.74, 6) is -1.54. The molecule has 142 valence electrons. The van der Waals surface area contributed by atoms with Crippen molar-refractivity contribution in [1.82, 2.24) is 4.90 Å². The summed E-state index contributed by atoms with van der Waals surface area (Å²) in [6.45, 7) is 9.39. The predicted octanol–water partition coefficient (Wildman–Crippen LogP) is 0.769. The van der Waals surface area contributed by atoms with Gasteiger partial charge in [-0.2, -0.15) is 0 Å². The van der Waals surface area contributed by atoms with Crippen LogP contribution in [-0.2, 0) is 0 Å². The number of nitrogens with one attached hydrogen (secondary N) is 1. The number of rotatable bonds is 4. The van der Waals surface area contributed by atoms with E-state index in [9.17, 15) is 14.7 Å². The van der Waals surface area contributed by atoms with Crippen molar-refractivity contribution < 1.29 is 19.6 Å². The van der Waals surface area contributed by atoms with Gasteiger partial charge in [0.25, 0.3) is 5.91 Å². The molecule has 1 amide bonds. The number of carbonyl (C=O) groups excluding carboxylic acids is 2. The molecule has 1 aliphatic heterocycles. The zero-order chi connectivity index (χ0) is 19.6. The van der Waals surface area contributed by atoms with Gasteiger partial charge in [-0.1, -0.05) is 30.3 Å². The average Bonchev–Trinajstić information content (AvgIpc) is 2.69. The highest BCUT2D eigenvalue weighted by Crippen LogP contribution is 2.16. The molecule has 5 heteroatoms. The minimum atomic E-state index is -1.31. The number of nitrogens with zero attached hydrogens (tertiary/aromatic N) is 1. The molecule has 2 aromatic rings. The van der Waals surface area contributed by atoms with Crippen LogP contribution in [0.1, 0.15) is 50.4 Å². The highest BCUT2D eigenvalue weighted by molar-refractivity contribution is 6.04. The van der Waals surface area contributed by atoms with E-state index < -0.39 is 5.97 Å². The summed E-state index contributed by atoms with van der Waals surface area (Å²) in [6, 6.07) is 13.2. The Morgan fingerprint density at radius 2 is 1.63 bits per heavy atom. The van der Waals surface area contributed by atoms with Gasteiger partial charge in [-0.05, 0) is 44.0 Å². The Bertz CT molecular complexity index is 854. The molecule has 0 radical (unpaired) electrons. The van der Waals surface area contributed by atoms with E-state index in [4.69, 9.17) is 0 Å². The number of amides is 1. The number of carboxylic acids is 1. The molecule has 0 aliphatic carbocycles. The van der Waals surface area contributed by atoms with Crippen LogP contribution in [0.3, 0.4) is 0 Å². The van der Waals surface area contributed by atoms with Crippen LogP contribution < -0.4 is 10.0 Å². The van der Waals surface area contributed by atoms with Crippen LogP contribution in [0, 0.1) is 13.8 Å². The van der Waals surface area contributed by atoms with E-state index in [1.54, 1.807) is 23.1 Å². The van der Waals surface area contributed by atoms with E-state index in [1.807, 2.05) is 0 Å². The van der Waals surface area contributed by atoms with Gasteiger partial charge in [0.05, 0.1) is 32.1 Å². The fourth-order valence-electron chi connectivity index (χ4n) is 3.72. The second kappa shape index (κ2) is 7.92. The molecule has 1 N–H and O–H groups in total. The summed E-state index contributed by atoms with van der Waals surface area (Å²) in [4.78, 5) is 27.2. The molecule has 0 unspecified atom stereocenters. The molecule has 1 heterocycles. The Labute approximate surface area is 160 Å². The first-order valence-corrected chi connectivity index (χ1v) is 9.40. The molecular weight excluding hydrogens is 340 g/mol. The van der Waals surface area contributed by atoms with Crippen molar-refractivity contribution in [3.05, 3.63) is 70.3 Å². The molecule has 1 saturated heterocycles. The zero-order valence-electron chi connectivity index (χ0n) is 16.1. The molecule has 2 aromatic carbocycles. The molecule has 0 aromatic heterocycles. The van der Waals surface area contributed by atoms with Gasteiger partial charge < -0.3 is 19.7 Å². The number of hydrogen-bond donors (Lipinski definition) is 1. The van der Waals surface area contributed by atoms with Gasteiger partial charge in [-0.15, -0.1) is 0 Å². The Balaban J connectivity index is 1.67. The number of carboxylic acid groups (broad SMARTS) is 1. The second-order valence-electron chi connectivity index (χ2n) is 7.35. The van der Waals surface area contributed by atoms with E-state index in [0.29, 0.717) is 19.1 Å². The van der Waals surface area contributed by atoms with Crippen molar-refractivity contribution in [2.75, 3.05) is 26.2 Å². The van der Waals surface area contributed by atoms with E-state index in [-0.39, 0.29) is 17.0 Å². The van der Waals surface area contributed by atoms with Crippen molar-refractivity contribution >= 4 is 11.9 Å². The molecule has 27 heavy (non-hydrogen) atoms. The second-order valence-corrected chi connectivity index (χ2v) is 7.35. The van der Waals surface area contributed by atoms with E-state index >= 15 is 0 Å². The lowest BCUT2D eigenvalue weighted by atomic mass is 10.0. The third kappa shape index (κ3) is 4.03. The fraction of sp³-hybridized carbons (Fsp3) is 0.364. The maximum Gasteiger partial charge on any atom is 0.254 e. The predicted molar refractivity (Wildman–Crippen MR) is 102 cm³/mol. The third-order valence-corrected chi connectivity index (χ3v) is 5.71. The lowest BCUT2D eigenvalue weighted by molar-refractivity contribution is -0.933. The van der Waals surface area contributed by atoms with Crippen LogP contribution >= 0.6 is 0 Å². The quantitative estimate of drug-likeness (QED) is 0.869. The van der Waals surface area contributed by atoms with E-state index in [0.717, 1.165) is 13.1 Å². The highest BCUT2D eigenvalue weighted by atomic mass is 16.4. The van der Waals surface area contributed by atoms with Gasteiger partial charge in [0.15, 0.2) is 0 Å². The molecular formula is C22H26N2O3. The van der Waals surface area contributed by atoms with Gasteiger partial charge in [0.1, 0.15) is 6.04 Å². The third-order valence-electron chi connectivity index (χ3n) is 5.71. The minimum absolute atomic E-state index is 0.0409. The minimum Gasteiger partial charge on any atom is -0.545 e. The summed E-state index contributed by atoms with van der Waals surface area (Å²) in [6.07, 6.45) is 0. The maximum atomic E-state index is 12.8. The molecule has 1 fully saturated rings. The van der Waals surface area contributed by atoms with Crippen LogP contribution in [0.5, 0.6) is 0 Å². The summed E-state index contributed by atoms with van der Waals surface area (Å²) >= 11 is 0. The Morgan fingerprint density at radius 1 is 1.00 bits per heavy atom. The molecule has 1 atom stereocenters. The van der Waals surface area contributed by atoms with Crippen molar-refractivity contribution in [3.8, 4) is 0 Å². The normalized spacial score (nSPS) is 16.2. The van der Waals surface area contributed by atoms with Crippen molar-refractivity contribution in [2.45, 2.75) is 26.8 Å². The smallest absolute Gasteiger partial charge is 0.254 e. The number of aromatic carboxylic acids is 1. The van der Waals surface area contributed by atoms with Crippen molar-refractivity contribution in [2.24, 2.45) is 0 Å². The Hall–Kier alpha value is -2.66. The largest absolute Gasteiger partial charge is 0.545 e. The monoisotopic (exact) mass is 366 g/mol. The molecule has 1 aliphatic rings. The summed E-state index contributed by atoms with van der Waals surface area (Å²) in [5, 5.41) is 11.3. The Kier molecular flexibility index (Phi) is 5.61.